The molecular weight excluding hydrogens is 515 g/mol. The first-order chi connectivity index (χ1) is 14.3. The average Bonchev–Trinajstić information content (AvgIpc) is 2.67. The van der Waals surface area contributed by atoms with Gasteiger partial charge < -0.3 is 0 Å². The fourth-order valence-corrected chi connectivity index (χ4v) is 5.35. The topological polar surface area (TPSA) is 0 Å². The Morgan fingerprint density at radius 3 is 0.935 bits per heavy atom. The van der Waals surface area contributed by atoms with Crippen LogP contribution in [0, 0.1) is 0 Å². The molecule has 0 bridgehead atoms. The number of halogens is 9. The highest BCUT2D eigenvalue weighted by Gasteiger charge is 2.32. The molecule has 0 aromatic heterocycles. The Bertz CT molecular complexity index is 881. The molecule has 0 amide bonds. The average molecular weight is 527 g/mol. The summed E-state index contributed by atoms with van der Waals surface area (Å²) in [7, 11) is -1.59. The molecule has 0 N–H and O–H groups in total. The van der Waals surface area contributed by atoms with Gasteiger partial charge in [-0.2, -0.15) is 35.1 Å². The van der Waals surface area contributed by atoms with Crippen LogP contribution in [0.15, 0.2) is 72.8 Å². The maximum absolute atomic E-state index is 13.5. The van der Waals surface area contributed by atoms with E-state index in [1.807, 2.05) is 0 Å². The van der Waals surface area contributed by atoms with Crippen LogP contribution in [0.25, 0.3) is 0 Å². The van der Waals surface area contributed by atoms with E-state index < -0.39 is 36.2 Å². The second kappa shape index (κ2) is 8.51. The molecule has 0 radical (unpaired) electrons. The normalized spacial score (nSPS) is 13.0. The summed E-state index contributed by atoms with van der Waals surface area (Å²) >= 11 is 2.25. The highest BCUT2D eigenvalue weighted by atomic mass is 79.9. The maximum atomic E-state index is 13.5. The van der Waals surface area contributed by atoms with E-state index in [2.05, 4.69) is 15.9 Å². The first-order valence-corrected chi connectivity index (χ1v) is 10.7. The van der Waals surface area contributed by atoms with Crippen molar-refractivity contribution >= 4 is 39.8 Å². The Balaban J connectivity index is 2.08. The summed E-state index contributed by atoms with van der Waals surface area (Å²) in [5, 5.41) is 1.36. The van der Waals surface area contributed by atoms with Crippen LogP contribution in [0.2, 0.25) is 0 Å². The molecule has 0 unspecified atom stereocenters. The summed E-state index contributed by atoms with van der Waals surface area (Å²) in [6.07, 6.45) is -9.09. The highest BCUT2D eigenvalue weighted by Crippen LogP contribution is 2.38. The van der Waals surface area contributed by atoms with Gasteiger partial charge in [0.25, 0.3) is 0 Å². The molecule has 0 aliphatic heterocycles. The smallest absolute Gasteiger partial charge is 0.188 e. The van der Waals surface area contributed by atoms with Crippen molar-refractivity contribution in [3.05, 3.63) is 89.5 Å². The van der Waals surface area contributed by atoms with E-state index in [4.69, 9.17) is 0 Å². The van der Waals surface area contributed by atoms with Gasteiger partial charge in [0.1, 0.15) is 0 Å². The summed E-state index contributed by atoms with van der Waals surface area (Å²) in [5.41, 5.74) is -2.06. The lowest BCUT2D eigenvalue weighted by Gasteiger charge is -2.21. The third-order valence-corrected chi connectivity index (χ3v) is 7.26. The largest absolute Gasteiger partial charge is 0.416 e. The lowest BCUT2D eigenvalue weighted by molar-refractivity contribution is -0.138. The number of rotatable bonds is 4. The second-order valence-corrected chi connectivity index (χ2v) is 9.69. The Kier molecular flexibility index (Phi) is 6.50. The fourth-order valence-electron chi connectivity index (χ4n) is 2.85. The Morgan fingerprint density at radius 1 is 0.452 bits per heavy atom. The van der Waals surface area contributed by atoms with E-state index >= 15 is 0 Å². The Labute approximate surface area is 181 Å². The van der Waals surface area contributed by atoms with Crippen molar-refractivity contribution in [2.45, 2.75) is 17.2 Å². The van der Waals surface area contributed by atoms with Crippen molar-refractivity contribution < 1.29 is 35.1 Å². The second-order valence-electron chi connectivity index (χ2n) is 6.47. The van der Waals surface area contributed by atoms with Gasteiger partial charge in [-0.1, -0.05) is 48.5 Å². The SMILES string of the molecule is FC(F)(F)c1ccc(P(c2ccc(C(F)(F)F)cc2)c2ccc(C(F)(F)Br)cc2)cc1. The first kappa shape index (κ1) is 23.7. The zero-order valence-corrected chi connectivity index (χ0v) is 17.8. The van der Waals surface area contributed by atoms with Gasteiger partial charge in [-0.15, -0.1) is 0 Å². The van der Waals surface area contributed by atoms with Crippen LogP contribution in [0.4, 0.5) is 35.1 Å². The van der Waals surface area contributed by atoms with Crippen molar-refractivity contribution in [2.75, 3.05) is 0 Å². The molecule has 0 nitrogen and oxygen atoms in total. The van der Waals surface area contributed by atoms with Gasteiger partial charge in [0, 0.05) is 5.56 Å². The zero-order valence-electron chi connectivity index (χ0n) is 15.3. The van der Waals surface area contributed by atoms with E-state index in [1.54, 1.807) is 0 Å². The summed E-state index contributed by atoms with van der Waals surface area (Å²) in [4.78, 5) is -3.27. The molecule has 3 rings (SSSR count). The van der Waals surface area contributed by atoms with Crippen LogP contribution in [0.3, 0.4) is 0 Å². The minimum atomic E-state index is -4.54. The van der Waals surface area contributed by atoms with E-state index in [9.17, 15) is 35.1 Å². The van der Waals surface area contributed by atoms with Crippen LogP contribution < -0.4 is 15.9 Å². The van der Waals surface area contributed by atoms with Crippen LogP contribution in [-0.4, -0.2) is 0 Å². The number of hydrogen-bond acceptors (Lipinski definition) is 0. The molecular formula is C21H12BrF8P. The minimum Gasteiger partial charge on any atom is -0.188 e. The molecule has 164 valence electrons. The molecule has 0 aliphatic rings. The zero-order chi connectivity index (χ0) is 23.0. The molecule has 0 fully saturated rings. The number of alkyl halides is 9. The third-order valence-electron chi connectivity index (χ3n) is 4.36. The lowest BCUT2D eigenvalue weighted by atomic mass is 10.2. The standard InChI is InChI=1S/C21H12BrF8P/c22-19(23,24)13-1-7-16(8-2-13)31(17-9-3-14(4-10-17)20(25,26)27)18-11-5-15(6-12-18)21(28,29)30/h1-12H. The lowest BCUT2D eigenvalue weighted by Crippen LogP contribution is -2.22. The van der Waals surface area contributed by atoms with E-state index in [0.29, 0.717) is 15.9 Å². The molecule has 0 spiro atoms. The summed E-state index contributed by atoms with van der Waals surface area (Å²) in [6, 6.07) is 13.6. The van der Waals surface area contributed by atoms with Gasteiger partial charge in [0.15, 0.2) is 0 Å². The van der Waals surface area contributed by atoms with Crippen molar-refractivity contribution in [3.63, 3.8) is 0 Å². The quantitative estimate of drug-likeness (QED) is 0.196. The molecule has 3 aromatic rings. The first-order valence-electron chi connectivity index (χ1n) is 8.59. The van der Waals surface area contributed by atoms with Gasteiger partial charge in [0.2, 0.25) is 0 Å². The summed E-state index contributed by atoms with van der Waals surface area (Å²) in [5.74, 6) is 0. The molecule has 10 heteroatoms. The van der Waals surface area contributed by atoms with Gasteiger partial charge in [0.05, 0.1) is 11.1 Å². The molecule has 0 saturated heterocycles. The van der Waals surface area contributed by atoms with Gasteiger partial charge in [-0.25, -0.2) is 0 Å². The molecule has 31 heavy (non-hydrogen) atoms. The molecule has 0 atom stereocenters. The third kappa shape index (κ3) is 5.63. The van der Waals surface area contributed by atoms with E-state index in [1.165, 1.54) is 36.4 Å². The van der Waals surface area contributed by atoms with Gasteiger partial charge in [-0.05, 0) is 64.0 Å². The van der Waals surface area contributed by atoms with Gasteiger partial charge in [-0.3, -0.25) is 0 Å². The van der Waals surface area contributed by atoms with Crippen molar-refractivity contribution in [1.29, 1.82) is 0 Å². The number of benzene rings is 3. The van der Waals surface area contributed by atoms with Crippen molar-refractivity contribution in [3.8, 4) is 0 Å². The summed E-state index contributed by atoms with van der Waals surface area (Å²) in [6.45, 7) is 0. The molecule has 0 saturated carbocycles. The predicted octanol–water partition coefficient (Wildman–Crippen LogP) is 6.93. The summed E-state index contributed by atoms with van der Waals surface area (Å²) < 4.78 is 104. The highest BCUT2D eigenvalue weighted by molar-refractivity contribution is 9.09. The van der Waals surface area contributed by atoms with Crippen molar-refractivity contribution in [2.24, 2.45) is 0 Å². The van der Waals surface area contributed by atoms with Crippen LogP contribution in [0.5, 0.6) is 0 Å². The van der Waals surface area contributed by atoms with Gasteiger partial charge >= 0.3 is 17.2 Å². The monoisotopic (exact) mass is 526 g/mol. The fraction of sp³-hybridized carbons (Fsp3) is 0.143. The molecule has 0 heterocycles. The number of hydrogen-bond donors (Lipinski definition) is 0. The van der Waals surface area contributed by atoms with E-state index in [0.717, 1.165) is 36.4 Å². The maximum Gasteiger partial charge on any atom is 0.416 e. The van der Waals surface area contributed by atoms with Crippen LogP contribution in [0.1, 0.15) is 16.7 Å². The Hall–Kier alpha value is -1.99. The van der Waals surface area contributed by atoms with Crippen LogP contribution >= 0.6 is 23.9 Å². The van der Waals surface area contributed by atoms with E-state index in [-0.39, 0.29) is 5.56 Å². The molecule has 3 aromatic carbocycles. The Morgan fingerprint density at radius 2 is 0.710 bits per heavy atom. The predicted molar refractivity (Wildman–Crippen MR) is 108 cm³/mol. The minimum absolute atomic E-state index is 0.328. The van der Waals surface area contributed by atoms with Crippen molar-refractivity contribution in [1.82, 2.24) is 0 Å². The molecule has 0 aliphatic carbocycles. The van der Waals surface area contributed by atoms with Crippen LogP contribution in [-0.2, 0) is 17.2 Å².